The molecule has 2 aliphatic rings. The molecule has 0 amide bonds. The third-order valence-corrected chi connectivity index (χ3v) is 6.15. The summed E-state index contributed by atoms with van der Waals surface area (Å²) in [5.41, 5.74) is 5.86. The van der Waals surface area contributed by atoms with Gasteiger partial charge in [0.05, 0.1) is 15.7 Å². The highest BCUT2D eigenvalue weighted by molar-refractivity contribution is 6.33. The fraction of sp³-hybridized carbons (Fsp3) is 0.300. The van der Waals surface area contributed by atoms with Crippen molar-refractivity contribution in [1.29, 1.82) is 0 Å². The number of hydrogen-bond donors (Lipinski definition) is 1. The molecule has 0 saturated heterocycles. The summed E-state index contributed by atoms with van der Waals surface area (Å²) in [6.45, 7) is 1.83. The summed E-state index contributed by atoms with van der Waals surface area (Å²) in [4.78, 5) is 15.1. The molecule has 0 spiro atoms. The van der Waals surface area contributed by atoms with Crippen LogP contribution in [0.1, 0.15) is 28.9 Å². The van der Waals surface area contributed by atoms with Crippen LogP contribution in [-0.4, -0.2) is 25.9 Å². The number of nitrogens with zero attached hydrogens (tertiary/aromatic N) is 3. The van der Waals surface area contributed by atoms with Gasteiger partial charge < -0.3 is 4.98 Å². The Morgan fingerprint density at radius 1 is 1.08 bits per heavy atom. The van der Waals surface area contributed by atoms with Crippen molar-refractivity contribution < 1.29 is 0 Å². The van der Waals surface area contributed by atoms with Gasteiger partial charge >= 0.3 is 0 Å². The second-order valence-electron chi connectivity index (χ2n) is 7.05. The first-order valence-corrected chi connectivity index (χ1v) is 9.62. The largest absolute Gasteiger partial charge is 0.342 e. The van der Waals surface area contributed by atoms with Crippen molar-refractivity contribution in [1.82, 2.24) is 19.9 Å². The number of aryl methyl sites for hydroxylation is 1. The monoisotopic (exact) mass is 384 g/mol. The number of imidazole rings is 1. The van der Waals surface area contributed by atoms with E-state index in [4.69, 9.17) is 28.2 Å². The van der Waals surface area contributed by atoms with E-state index in [1.807, 2.05) is 30.5 Å². The van der Waals surface area contributed by atoms with Gasteiger partial charge in [0.15, 0.2) is 0 Å². The molecule has 0 bridgehead atoms. The molecule has 1 aliphatic heterocycles. The molecule has 0 saturated carbocycles. The van der Waals surface area contributed by atoms with E-state index in [2.05, 4.69) is 14.9 Å². The van der Waals surface area contributed by atoms with Crippen LogP contribution in [0.15, 0.2) is 36.7 Å². The van der Waals surface area contributed by atoms with E-state index in [9.17, 15) is 0 Å². The maximum atomic E-state index is 6.33. The summed E-state index contributed by atoms with van der Waals surface area (Å²) in [6, 6.07) is 8.34. The van der Waals surface area contributed by atoms with Crippen molar-refractivity contribution >= 4 is 23.2 Å². The molecule has 0 fully saturated rings. The minimum absolute atomic E-state index is 0.491. The number of aromatic amines is 1. The second kappa shape index (κ2) is 6.38. The van der Waals surface area contributed by atoms with Gasteiger partial charge in [0, 0.05) is 49.2 Å². The van der Waals surface area contributed by atoms with Crippen LogP contribution in [0.3, 0.4) is 0 Å². The Bertz CT molecular complexity index is 982. The van der Waals surface area contributed by atoms with Gasteiger partial charge in [0.1, 0.15) is 5.82 Å². The lowest BCUT2D eigenvalue weighted by Crippen LogP contribution is -2.35. The molecule has 1 unspecified atom stereocenters. The molecule has 1 atom stereocenters. The van der Waals surface area contributed by atoms with Crippen molar-refractivity contribution in [2.45, 2.75) is 38.4 Å². The third kappa shape index (κ3) is 2.73. The van der Waals surface area contributed by atoms with E-state index in [1.54, 1.807) is 6.20 Å². The normalized spacial score (nSPS) is 19.4. The molecule has 1 aromatic carbocycles. The fourth-order valence-corrected chi connectivity index (χ4v) is 4.57. The number of benzene rings is 1. The first-order valence-electron chi connectivity index (χ1n) is 8.87. The average molecular weight is 385 g/mol. The van der Waals surface area contributed by atoms with Crippen LogP contribution in [0.2, 0.25) is 10.0 Å². The number of nitrogens with one attached hydrogen (secondary N) is 1. The minimum atomic E-state index is 0.491. The van der Waals surface area contributed by atoms with Crippen molar-refractivity contribution in [2.24, 2.45) is 0 Å². The molecule has 5 rings (SSSR count). The molecule has 132 valence electrons. The van der Waals surface area contributed by atoms with Crippen molar-refractivity contribution in [2.75, 3.05) is 0 Å². The average Bonchev–Trinajstić information content (AvgIpc) is 3.26. The minimum Gasteiger partial charge on any atom is -0.342 e. The van der Waals surface area contributed by atoms with Gasteiger partial charge in [-0.25, -0.2) is 4.98 Å². The van der Waals surface area contributed by atoms with Crippen LogP contribution >= 0.6 is 23.2 Å². The predicted octanol–water partition coefficient (Wildman–Crippen LogP) is 4.65. The lowest BCUT2D eigenvalue weighted by molar-refractivity contribution is 0.180. The van der Waals surface area contributed by atoms with Gasteiger partial charge in [-0.05, 0) is 36.1 Å². The predicted molar refractivity (Wildman–Crippen MR) is 103 cm³/mol. The Kier molecular flexibility index (Phi) is 4.00. The number of hydrogen-bond acceptors (Lipinski definition) is 3. The highest BCUT2D eigenvalue weighted by Gasteiger charge is 2.31. The van der Waals surface area contributed by atoms with Crippen LogP contribution in [-0.2, 0) is 25.9 Å². The summed E-state index contributed by atoms with van der Waals surface area (Å²) >= 11 is 12.7. The Hall–Kier alpha value is -1.88. The molecule has 3 aromatic rings. The molecule has 2 aromatic heterocycles. The smallest absolute Gasteiger partial charge is 0.139 e. The van der Waals surface area contributed by atoms with Crippen LogP contribution in [0, 0.1) is 0 Å². The molecular formula is C20H18Cl2N4. The molecule has 6 heteroatoms. The van der Waals surface area contributed by atoms with Gasteiger partial charge in [-0.2, -0.15) is 0 Å². The Morgan fingerprint density at radius 3 is 2.81 bits per heavy atom. The SMILES string of the molecule is Clc1ccccc1-c1nc2c([nH]1)CC(N1Cc3cncc(Cl)c3C1)CC2. The van der Waals surface area contributed by atoms with Gasteiger partial charge in [-0.3, -0.25) is 9.88 Å². The number of H-pyrrole nitrogens is 1. The van der Waals surface area contributed by atoms with Gasteiger partial charge in [-0.1, -0.05) is 35.3 Å². The van der Waals surface area contributed by atoms with Crippen LogP contribution < -0.4 is 0 Å². The quantitative estimate of drug-likeness (QED) is 0.698. The summed E-state index contributed by atoms with van der Waals surface area (Å²) in [5.74, 6) is 0.873. The Balaban J connectivity index is 1.38. The lowest BCUT2D eigenvalue weighted by atomic mass is 9.95. The zero-order chi connectivity index (χ0) is 17.7. The van der Waals surface area contributed by atoms with Crippen LogP contribution in [0.5, 0.6) is 0 Å². The number of rotatable bonds is 2. The fourth-order valence-electron chi connectivity index (χ4n) is 4.11. The number of halogens is 2. The molecule has 1 aliphatic carbocycles. The summed E-state index contributed by atoms with van der Waals surface area (Å²) in [6.07, 6.45) is 6.76. The van der Waals surface area contributed by atoms with Crippen molar-refractivity contribution in [3.05, 3.63) is 69.2 Å². The Morgan fingerprint density at radius 2 is 1.96 bits per heavy atom. The number of fused-ring (bicyclic) bond motifs is 2. The van der Waals surface area contributed by atoms with Crippen LogP contribution in [0.4, 0.5) is 0 Å². The number of aromatic nitrogens is 3. The van der Waals surface area contributed by atoms with Gasteiger partial charge in [0.2, 0.25) is 0 Å². The first kappa shape index (κ1) is 16.3. The highest BCUT2D eigenvalue weighted by Crippen LogP contribution is 2.34. The first-order chi connectivity index (χ1) is 12.7. The summed E-state index contributed by atoms with van der Waals surface area (Å²) in [7, 11) is 0. The maximum absolute atomic E-state index is 6.33. The summed E-state index contributed by atoms with van der Waals surface area (Å²) < 4.78 is 0. The van der Waals surface area contributed by atoms with Gasteiger partial charge in [0.25, 0.3) is 0 Å². The summed E-state index contributed by atoms with van der Waals surface area (Å²) in [5, 5.41) is 1.51. The topological polar surface area (TPSA) is 44.8 Å². The Labute approximate surface area is 162 Å². The molecular weight excluding hydrogens is 367 g/mol. The molecule has 26 heavy (non-hydrogen) atoms. The van der Waals surface area contributed by atoms with Crippen molar-refractivity contribution in [3.63, 3.8) is 0 Å². The standard InChI is InChI=1S/C20H18Cl2N4/c21-16-4-2-1-3-14(16)20-24-18-6-5-13(7-19(18)25-20)26-10-12-8-23-9-17(22)15(12)11-26/h1-4,8-9,13H,5-7,10-11H2,(H,24,25). The van der Waals surface area contributed by atoms with Gasteiger partial charge in [-0.15, -0.1) is 0 Å². The molecule has 1 N–H and O–H groups in total. The molecule has 4 nitrogen and oxygen atoms in total. The molecule has 0 radical (unpaired) electrons. The van der Waals surface area contributed by atoms with E-state index in [-0.39, 0.29) is 0 Å². The zero-order valence-corrected chi connectivity index (χ0v) is 15.7. The van der Waals surface area contributed by atoms with E-state index in [0.29, 0.717) is 6.04 Å². The maximum Gasteiger partial charge on any atom is 0.139 e. The van der Waals surface area contributed by atoms with E-state index >= 15 is 0 Å². The second-order valence-corrected chi connectivity index (χ2v) is 7.87. The number of pyridine rings is 1. The van der Waals surface area contributed by atoms with Crippen LogP contribution in [0.25, 0.3) is 11.4 Å². The van der Waals surface area contributed by atoms with E-state index in [0.717, 1.165) is 53.8 Å². The van der Waals surface area contributed by atoms with Crippen molar-refractivity contribution in [3.8, 4) is 11.4 Å². The van der Waals surface area contributed by atoms with E-state index < -0.39 is 0 Å². The highest BCUT2D eigenvalue weighted by atomic mass is 35.5. The zero-order valence-electron chi connectivity index (χ0n) is 14.2. The lowest BCUT2D eigenvalue weighted by Gasteiger charge is -2.30. The molecule has 3 heterocycles. The third-order valence-electron chi connectivity index (χ3n) is 5.49. The van der Waals surface area contributed by atoms with E-state index in [1.165, 1.54) is 22.5 Å².